The second-order valence-electron chi connectivity index (χ2n) is 4.99. The van der Waals surface area contributed by atoms with Gasteiger partial charge in [0.2, 0.25) is 0 Å². The Balaban J connectivity index is 3.00. The van der Waals surface area contributed by atoms with Gasteiger partial charge in [0, 0.05) is 0 Å². The molecule has 124 valence electrons. The van der Waals surface area contributed by atoms with Gasteiger partial charge in [-0.2, -0.15) is 0 Å². The monoisotopic (exact) mass is 312 g/mol. The van der Waals surface area contributed by atoms with Crippen molar-refractivity contribution in [1.29, 1.82) is 0 Å². The molecule has 0 aliphatic carbocycles. The standard InChI is InChI=1S/C11H20O10/c12-1-4(14)7(17)9(19)11(20,3-13)10-8(18)6(16)5(15)2-21-10/h3-10,12,14-20H,1-2H2/t4-,5-,6+,7-,8-,9+,10?,11+/m1/s1. The molecule has 10 nitrogen and oxygen atoms in total. The molecule has 1 aliphatic heterocycles. The van der Waals surface area contributed by atoms with Gasteiger partial charge in [0.1, 0.15) is 42.7 Å². The Kier molecular flexibility index (Phi) is 6.16. The van der Waals surface area contributed by atoms with E-state index < -0.39 is 61.5 Å². The molecule has 21 heavy (non-hydrogen) atoms. The van der Waals surface area contributed by atoms with Gasteiger partial charge in [0.05, 0.1) is 13.2 Å². The fraction of sp³-hybridized carbons (Fsp3) is 0.909. The van der Waals surface area contributed by atoms with Crippen molar-refractivity contribution in [2.24, 2.45) is 0 Å². The van der Waals surface area contributed by atoms with E-state index >= 15 is 0 Å². The van der Waals surface area contributed by atoms with Crippen LogP contribution in [0.4, 0.5) is 0 Å². The van der Waals surface area contributed by atoms with E-state index in [-0.39, 0.29) is 6.29 Å². The van der Waals surface area contributed by atoms with Gasteiger partial charge in [0.15, 0.2) is 11.9 Å². The molecule has 0 bridgehead atoms. The molecule has 1 unspecified atom stereocenters. The molecule has 8 atom stereocenters. The molecule has 10 heteroatoms. The summed E-state index contributed by atoms with van der Waals surface area (Å²) in [6.45, 7) is -1.49. The van der Waals surface area contributed by atoms with Crippen LogP contribution in [0.2, 0.25) is 0 Å². The SMILES string of the molecule is O=C[C@@](O)(C1OC[C@@H](O)[C@H](O)[C@H]1O)[C@@H](O)[C@H](O)[C@H](O)CO. The van der Waals surface area contributed by atoms with Crippen molar-refractivity contribution in [3.63, 3.8) is 0 Å². The number of aliphatic hydroxyl groups excluding tert-OH is 7. The minimum Gasteiger partial charge on any atom is -0.394 e. The summed E-state index contributed by atoms with van der Waals surface area (Å²) in [4.78, 5) is 11.1. The van der Waals surface area contributed by atoms with Crippen LogP contribution in [0.5, 0.6) is 0 Å². The van der Waals surface area contributed by atoms with Crippen molar-refractivity contribution in [1.82, 2.24) is 0 Å². The molecule has 0 aromatic heterocycles. The summed E-state index contributed by atoms with van der Waals surface area (Å²) in [7, 11) is 0. The molecular weight excluding hydrogens is 292 g/mol. The summed E-state index contributed by atoms with van der Waals surface area (Å²) < 4.78 is 4.86. The number of hydrogen-bond donors (Lipinski definition) is 8. The van der Waals surface area contributed by atoms with Gasteiger partial charge in [-0.3, -0.25) is 4.79 Å². The van der Waals surface area contributed by atoms with Crippen LogP contribution in [0, 0.1) is 0 Å². The van der Waals surface area contributed by atoms with E-state index in [0.29, 0.717) is 0 Å². The van der Waals surface area contributed by atoms with Gasteiger partial charge in [-0.15, -0.1) is 0 Å². The maximum Gasteiger partial charge on any atom is 0.177 e. The zero-order valence-electron chi connectivity index (χ0n) is 10.9. The molecule has 0 aromatic rings. The number of carbonyl (C=O) groups is 1. The van der Waals surface area contributed by atoms with Crippen molar-refractivity contribution in [3.8, 4) is 0 Å². The first-order valence-corrected chi connectivity index (χ1v) is 6.20. The largest absolute Gasteiger partial charge is 0.394 e. The highest BCUT2D eigenvalue weighted by molar-refractivity contribution is 5.65. The van der Waals surface area contributed by atoms with Crippen LogP contribution < -0.4 is 0 Å². The minimum absolute atomic E-state index is 0.219. The predicted octanol–water partition coefficient (Wildman–Crippen LogP) is -5.53. The van der Waals surface area contributed by atoms with E-state index in [9.17, 15) is 40.5 Å². The first-order chi connectivity index (χ1) is 9.70. The average Bonchev–Trinajstić information content (AvgIpc) is 2.49. The summed E-state index contributed by atoms with van der Waals surface area (Å²) in [5.74, 6) is 0. The topological polar surface area (TPSA) is 188 Å². The third-order valence-corrected chi connectivity index (χ3v) is 3.52. The first kappa shape index (κ1) is 18.4. The normalized spacial score (nSPS) is 37.3. The van der Waals surface area contributed by atoms with Crippen LogP contribution in [0.25, 0.3) is 0 Å². The summed E-state index contributed by atoms with van der Waals surface area (Å²) in [6.07, 6.45) is -13.5. The van der Waals surface area contributed by atoms with E-state index in [0.717, 1.165) is 0 Å². The van der Waals surface area contributed by atoms with Crippen LogP contribution in [-0.2, 0) is 9.53 Å². The quantitative estimate of drug-likeness (QED) is 0.220. The predicted molar refractivity (Wildman–Crippen MR) is 63.9 cm³/mol. The Labute approximate surface area is 119 Å². The second-order valence-corrected chi connectivity index (χ2v) is 4.99. The van der Waals surface area contributed by atoms with Gasteiger partial charge in [0.25, 0.3) is 0 Å². The van der Waals surface area contributed by atoms with E-state index in [1.807, 2.05) is 0 Å². The lowest BCUT2D eigenvalue weighted by Gasteiger charge is -2.44. The Bertz CT molecular complexity index is 352. The average molecular weight is 312 g/mol. The molecule has 0 amide bonds. The molecule has 1 heterocycles. The number of aldehydes is 1. The lowest BCUT2D eigenvalue weighted by molar-refractivity contribution is -0.258. The van der Waals surface area contributed by atoms with Crippen LogP contribution in [0.1, 0.15) is 0 Å². The maximum absolute atomic E-state index is 11.1. The highest BCUT2D eigenvalue weighted by Gasteiger charge is 2.55. The third-order valence-electron chi connectivity index (χ3n) is 3.52. The van der Waals surface area contributed by atoms with Crippen molar-refractivity contribution in [3.05, 3.63) is 0 Å². The van der Waals surface area contributed by atoms with Crippen molar-refractivity contribution in [2.45, 2.75) is 48.3 Å². The highest BCUT2D eigenvalue weighted by atomic mass is 16.5. The summed E-state index contributed by atoms with van der Waals surface area (Å²) in [5, 5.41) is 76.0. The zero-order valence-corrected chi connectivity index (χ0v) is 10.9. The van der Waals surface area contributed by atoms with Crippen LogP contribution >= 0.6 is 0 Å². The van der Waals surface area contributed by atoms with Crippen molar-refractivity contribution < 1.29 is 50.4 Å². The molecule has 1 fully saturated rings. The number of aliphatic hydroxyl groups is 8. The molecule has 8 N–H and O–H groups in total. The fourth-order valence-electron chi connectivity index (χ4n) is 2.11. The van der Waals surface area contributed by atoms with Gasteiger partial charge >= 0.3 is 0 Å². The van der Waals surface area contributed by atoms with E-state index in [1.54, 1.807) is 0 Å². The van der Waals surface area contributed by atoms with Crippen molar-refractivity contribution >= 4 is 6.29 Å². The lowest BCUT2D eigenvalue weighted by atomic mass is 9.81. The fourth-order valence-corrected chi connectivity index (χ4v) is 2.11. The smallest absolute Gasteiger partial charge is 0.177 e. The van der Waals surface area contributed by atoms with Gasteiger partial charge < -0.3 is 45.6 Å². The van der Waals surface area contributed by atoms with E-state index in [1.165, 1.54) is 0 Å². The molecule has 0 spiro atoms. The van der Waals surface area contributed by atoms with Crippen molar-refractivity contribution in [2.75, 3.05) is 13.2 Å². The molecule has 0 aromatic carbocycles. The summed E-state index contributed by atoms with van der Waals surface area (Å²) in [5.41, 5.74) is -2.88. The molecular formula is C11H20O10. The summed E-state index contributed by atoms with van der Waals surface area (Å²) in [6, 6.07) is 0. The van der Waals surface area contributed by atoms with E-state index in [4.69, 9.17) is 9.84 Å². The Morgan fingerprint density at radius 2 is 1.76 bits per heavy atom. The Morgan fingerprint density at radius 1 is 1.19 bits per heavy atom. The Morgan fingerprint density at radius 3 is 2.24 bits per heavy atom. The summed E-state index contributed by atoms with van der Waals surface area (Å²) >= 11 is 0. The number of ether oxygens (including phenoxy) is 1. The molecule has 1 saturated heterocycles. The highest BCUT2D eigenvalue weighted by Crippen LogP contribution is 2.28. The molecule has 1 rings (SSSR count). The van der Waals surface area contributed by atoms with Gasteiger partial charge in [-0.25, -0.2) is 0 Å². The Hall–Kier alpha value is -0.690. The third kappa shape index (κ3) is 3.39. The number of rotatable bonds is 6. The zero-order chi connectivity index (χ0) is 16.4. The lowest BCUT2D eigenvalue weighted by Crippen LogP contribution is -2.68. The number of carbonyl (C=O) groups excluding carboxylic acids is 1. The second kappa shape index (κ2) is 7.05. The molecule has 1 aliphatic rings. The molecule has 0 radical (unpaired) electrons. The van der Waals surface area contributed by atoms with Gasteiger partial charge in [-0.1, -0.05) is 0 Å². The van der Waals surface area contributed by atoms with E-state index in [2.05, 4.69) is 0 Å². The first-order valence-electron chi connectivity index (χ1n) is 6.20. The van der Waals surface area contributed by atoms with Crippen LogP contribution in [0.3, 0.4) is 0 Å². The maximum atomic E-state index is 11.1. The number of hydrogen-bond acceptors (Lipinski definition) is 10. The minimum atomic E-state index is -2.88. The van der Waals surface area contributed by atoms with Crippen LogP contribution in [-0.4, -0.2) is 109 Å². The van der Waals surface area contributed by atoms with Crippen LogP contribution in [0.15, 0.2) is 0 Å². The van der Waals surface area contributed by atoms with Gasteiger partial charge in [-0.05, 0) is 0 Å². The molecule has 0 saturated carbocycles.